The number of anilines is 1. The van der Waals surface area contributed by atoms with Gasteiger partial charge in [0.15, 0.2) is 5.11 Å². The van der Waals surface area contributed by atoms with Crippen molar-refractivity contribution in [3.8, 4) is 0 Å². The molecule has 1 aromatic rings. The lowest BCUT2D eigenvalue weighted by Crippen LogP contribution is -2.40. The molecule has 0 atom stereocenters. The zero-order chi connectivity index (χ0) is 15.7. The summed E-state index contributed by atoms with van der Waals surface area (Å²) in [4.78, 5) is 0.240. The van der Waals surface area contributed by atoms with Crippen LogP contribution in [0, 0.1) is 0 Å². The summed E-state index contributed by atoms with van der Waals surface area (Å²) in [5.41, 5.74) is 0.258. The van der Waals surface area contributed by atoms with Crippen molar-refractivity contribution >= 4 is 33.0 Å². The van der Waals surface area contributed by atoms with Crippen LogP contribution in [-0.2, 0) is 10.0 Å². The van der Waals surface area contributed by atoms with Crippen molar-refractivity contribution in [2.45, 2.75) is 50.1 Å². The summed E-state index contributed by atoms with van der Waals surface area (Å²) in [7, 11) is -3.50. The molecular formula is C14H21N3O2S2. The minimum absolute atomic E-state index is 0.240. The fourth-order valence-electron chi connectivity index (χ4n) is 1.76. The van der Waals surface area contributed by atoms with Crippen LogP contribution in [0.3, 0.4) is 0 Å². The molecule has 0 aliphatic heterocycles. The Bertz CT molecular complexity index is 615. The Morgan fingerprint density at radius 2 is 1.76 bits per heavy atom. The van der Waals surface area contributed by atoms with Gasteiger partial charge >= 0.3 is 0 Å². The van der Waals surface area contributed by atoms with Gasteiger partial charge in [0.25, 0.3) is 0 Å². The second kappa shape index (κ2) is 5.90. The summed E-state index contributed by atoms with van der Waals surface area (Å²) in [5, 5.41) is 6.78. The molecule has 0 unspecified atom stereocenters. The first-order valence-electron chi connectivity index (χ1n) is 6.87. The molecule has 0 spiro atoms. The number of rotatable bonds is 4. The number of hydrogen-bond donors (Lipinski definition) is 3. The summed E-state index contributed by atoms with van der Waals surface area (Å²) in [6.45, 7) is 5.42. The van der Waals surface area contributed by atoms with Gasteiger partial charge in [-0.1, -0.05) is 0 Å². The molecule has 1 saturated carbocycles. The molecule has 1 aliphatic carbocycles. The summed E-state index contributed by atoms with van der Waals surface area (Å²) < 4.78 is 27.0. The summed E-state index contributed by atoms with van der Waals surface area (Å²) in [6.07, 6.45) is 2.30. The maximum atomic E-state index is 12.2. The molecule has 0 bridgehead atoms. The fourth-order valence-corrected chi connectivity index (χ4v) is 3.46. The van der Waals surface area contributed by atoms with E-state index < -0.39 is 15.6 Å². The zero-order valence-corrected chi connectivity index (χ0v) is 14.1. The van der Waals surface area contributed by atoms with E-state index in [1.165, 1.54) is 0 Å². The van der Waals surface area contributed by atoms with Crippen molar-refractivity contribution in [2.75, 3.05) is 5.32 Å². The van der Waals surface area contributed by atoms with Gasteiger partial charge in [0.05, 0.1) is 4.90 Å². The summed E-state index contributed by atoms with van der Waals surface area (Å²) in [6, 6.07) is 7.03. The topological polar surface area (TPSA) is 70.2 Å². The van der Waals surface area contributed by atoms with Crippen LogP contribution in [0.4, 0.5) is 5.69 Å². The molecule has 1 fully saturated rings. The Kier molecular flexibility index (Phi) is 4.55. The average Bonchev–Trinajstić information content (AvgIpc) is 3.10. The van der Waals surface area contributed by atoms with Gasteiger partial charge in [-0.05, 0) is 70.1 Å². The normalized spacial score (nSPS) is 15.6. The molecule has 0 heterocycles. The third kappa shape index (κ3) is 5.26. The Hall–Kier alpha value is -1.18. The number of benzene rings is 1. The second-order valence-electron chi connectivity index (χ2n) is 6.25. The molecule has 1 aliphatic rings. The van der Waals surface area contributed by atoms with Crippen molar-refractivity contribution in [1.29, 1.82) is 0 Å². The van der Waals surface area contributed by atoms with Crippen LogP contribution >= 0.6 is 12.2 Å². The first kappa shape index (κ1) is 16.2. The van der Waals surface area contributed by atoms with Gasteiger partial charge in [-0.3, -0.25) is 0 Å². The Balaban J connectivity index is 2.02. The van der Waals surface area contributed by atoms with Gasteiger partial charge in [0.2, 0.25) is 10.0 Å². The minimum Gasteiger partial charge on any atom is -0.360 e. The van der Waals surface area contributed by atoms with E-state index in [0.29, 0.717) is 11.2 Å². The van der Waals surface area contributed by atoms with Crippen molar-refractivity contribution in [1.82, 2.24) is 10.0 Å². The highest BCUT2D eigenvalue weighted by molar-refractivity contribution is 7.89. The molecule has 116 valence electrons. The van der Waals surface area contributed by atoms with Crippen molar-refractivity contribution < 1.29 is 8.42 Å². The minimum atomic E-state index is -3.50. The second-order valence-corrected chi connectivity index (χ2v) is 8.34. The maximum Gasteiger partial charge on any atom is 0.241 e. The summed E-state index contributed by atoms with van der Waals surface area (Å²) in [5.74, 6) is 0. The van der Waals surface area contributed by atoms with Crippen LogP contribution in [0.2, 0.25) is 0 Å². The fraction of sp³-hybridized carbons (Fsp3) is 0.500. The van der Waals surface area contributed by atoms with E-state index in [9.17, 15) is 8.42 Å². The van der Waals surface area contributed by atoms with E-state index >= 15 is 0 Å². The molecular weight excluding hydrogens is 306 g/mol. The zero-order valence-electron chi connectivity index (χ0n) is 12.4. The van der Waals surface area contributed by atoms with Gasteiger partial charge in [0.1, 0.15) is 0 Å². The predicted molar refractivity (Wildman–Crippen MR) is 88.9 cm³/mol. The highest BCUT2D eigenvalue weighted by Gasteiger charge is 2.23. The molecule has 5 nitrogen and oxygen atoms in total. The molecule has 2 rings (SSSR count). The van der Waals surface area contributed by atoms with Crippen LogP contribution in [0.15, 0.2) is 29.2 Å². The van der Waals surface area contributed by atoms with Crippen LogP contribution in [0.25, 0.3) is 0 Å². The largest absolute Gasteiger partial charge is 0.360 e. The molecule has 1 aromatic carbocycles. The number of hydrogen-bond acceptors (Lipinski definition) is 3. The third-order valence-corrected chi connectivity index (χ3v) is 4.77. The van der Waals surface area contributed by atoms with Crippen molar-refractivity contribution in [2.24, 2.45) is 0 Å². The van der Waals surface area contributed by atoms with E-state index in [1.807, 2.05) is 20.8 Å². The molecule has 0 amide bonds. The van der Waals surface area contributed by atoms with Gasteiger partial charge in [-0.15, -0.1) is 0 Å². The molecule has 7 heteroatoms. The molecule has 3 N–H and O–H groups in total. The maximum absolute atomic E-state index is 12.2. The number of thiocarbonyl (C=S) groups is 1. The van der Waals surface area contributed by atoms with E-state index in [4.69, 9.17) is 12.2 Å². The molecule has 21 heavy (non-hydrogen) atoms. The van der Waals surface area contributed by atoms with Crippen molar-refractivity contribution in [3.63, 3.8) is 0 Å². The lowest BCUT2D eigenvalue weighted by molar-refractivity contribution is 0.491. The molecule has 0 aromatic heterocycles. The molecule has 0 radical (unpaired) electrons. The SMILES string of the molecule is CC(C)(C)NS(=O)(=O)c1ccc(NC(=S)NC2CC2)cc1. The summed E-state index contributed by atoms with van der Waals surface area (Å²) >= 11 is 5.18. The van der Waals surface area contributed by atoms with E-state index in [-0.39, 0.29) is 4.90 Å². The van der Waals surface area contributed by atoms with Gasteiger partial charge in [0, 0.05) is 17.3 Å². The quantitative estimate of drug-likeness (QED) is 0.740. The highest BCUT2D eigenvalue weighted by atomic mass is 32.2. The Morgan fingerprint density at radius 1 is 1.19 bits per heavy atom. The first-order valence-corrected chi connectivity index (χ1v) is 8.76. The third-order valence-electron chi connectivity index (χ3n) is 2.78. The molecule has 0 saturated heterocycles. The van der Waals surface area contributed by atoms with Gasteiger partial charge in [-0.2, -0.15) is 0 Å². The van der Waals surface area contributed by atoms with E-state index in [2.05, 4.69) is 15.4 Å². The monoisotopic (exact) mass is 327 g/mol. The van der Waals surface area contributed by atoms with Crippen LogP contribution in [0.1, 0.15) is 33.6 Å². The van der Waals surface area contributed by atoms with Gasteiger partial charge in [-0.25, -0.2) is 13.1 Å². The highest BCUT2D eigenvalue weighted by Crippen LogP contribution is 2.19. The lowest BCUT2D eigenvalue weighted by atomic mass is 10.1. The standard InChI is InChI=1S/C14H21N3O2S2/c1-14(2,3)17-21(18,19)12-8-6-11(7-9-12)16-13(20)15-10-4-5-10/h6-10,17H,4-5H2,1-3H3,(H2,15,16,20). The van der Waals surface area contributed by atoms with Crippen LogP contribution in [-0.4, -0.2) is 25.1 Å². The predicted octanol–water partition coefficient (Wildman–Crippen LogP) is 2.21. The van der Waals surface area contributed by atoms with Gasteiger partial charge < -0.3 is 10.6 Å². The van der Waals surface area contributed by atoms with E-state index in [1.54, 1.807) is 24.3 Å². The van der Waals surface area contributed by atoms with Crippen molar-refractivity contribution in [3.05, 3.63) is 24.3 Å². The van der Waals surface area contributed by atoms with E-state index in [0.717, 1.165) is 18.5 Å². The smallest absolute Gasteiger partial charge is 0.241 e. The lowest BCUT2D eigenvalue weighted by Gasteiger charge is -2.20. The number of sulfonamides is 1. The van der Waals surface area contributed by atoms with Crippen LogP contribution in [0.5, 0.6) is 0 Å². The number of nitrogens with one attached hydrogen (secondary N) is 3. The Labute approximate surface area is 131 Å². The average molecular weight is 327 g/mol. The van der Waals surface area contributed by atoms with Crippen LogP contribution < -0.4 is 15.4 Å². The Morgan fingerprint density at radius 3 is 2.24 bits per heavy atom. The first-order chi connectivity index (χ1) is 9.66.